The van der Waals surface area contributed by atoms with Crippen molar-refractivity contribution in [1.82, 2.24) is 10.2 Å². The van der Waals surface area contributed by atoms with Crippen LogP contribution in [-0.4, -0.2) is 43.3 Å². The highest BCUT2D eigenvalue weighted by atomic mass is 35.5. The van der Waals surface area contributed by atoms with E-state index < -0.39 is 34.1 Å². The van der Waals surface area contributed by atoms with Gasteiger partial charge in [-0.1, -0.05) is 96.0 Å². The molecule has 0 radical (unpaired) electrons. The summed E-state index contributed by atoms with van der Waals surface area (Å²) in [6.45, 7) is 8.93. The molecule has 4 aromatic carbocycles. The Morgan fingerprint density at radius 3 is 2.07 bits per heavy atom. The van der Waals surface area contributed by atoms with E-state index in [9.17, 15) is 18.0 Å². The summed E-state index contributed by atoms with van der Waals surface area (Å²) in [5.41, 5.74) is 3.04. The molecular formula is C36H40ClN3O4S. The Morgan fingerprint density at radius 1 is 0.822 bits per heavy atom. The maximum absolute atomic E-state index is 14.6. The SMILES string of the molecule is Cc1cccc(CN(C(=O)CN(c2cc(Cl)ccc2C)S(=O)(=O)c2ccccc2)[C@@H](Cc2ccccc2)C(=O)NC(C)(C)C)c1. The summed E-state index contributed by atoms with van der Waals surface area (Å²) in [5, 5.41) is 3.38. The first kappa shape index (κ1) is 33.7. The molecule has 0 aromatic heterocycles. The van der Waals surface area contributed by atoms with Gasteiger partial charge in [0.25, 0.3) is 10.0 Å². The average molecular weight is 646 g/mol. The second kappa shape index (κ2) is 14.3. The van der Waals surface area contributed by atoms with Crippen LogP contribution in [0.5, 0.6) is 0 Å². The van der Waals surface area contributed by atoms with Crippen LogP contribution in [0.15, 0.2) is 108 Å². The van der Waals surface area contributed by atoms with Crippen molar-refractivity contribution in [3.8, 4) is 0 Å². The number of amides is 2. The van der Waals surface area contributed by atoms with Gasteiger partial charge in [0.05, 0.1) is 10.6 Å². The van der Waals surface area contributed by atoms with Gasteiger partial charge in [0, 0.05) is 23.5 Å². The summed E-state index contributed by atoms with van der Waals surface area (Å²) in [5.74, 6) is -0.857. The molecule has 0 aliphatic rings. The molecule has 0 aliphatic heterocycles. The number of carbonyl (C=O) groups is 2. The Morgan fingerprint density at radius 2 is 1.44 bits per heavy atom. The van der Waals surface area contributed by atoms with Crippen molar-refractivity contribution in [3.63, 3.8) is 0 Å². The van der Waals surface area contributed by atoms with Crippen LogP contribution in [0.3, 0.4) is 0 Å². The Bertz CT molecular complexity index is 1740. The number of anilines is 1. The highest BCUT2D eigenvalue weighted by Crippen LogP contribution is 2.30. The number of carbonyl (C=O) groups excluding carboxylic acids is 2. The number of halogens is 1. The molecule has 45 heavy (non-hydrogen) atoms. The van der Waals surface area contributed by atoms with Crippen molar-refractivity contribution in [1.29, 1.82) is 0 Å². The first-order valence-corrected chi connectivity index (χ1v) is 16.6. The van der Waals surface area contributed by atoms with Gasteiger partial charge >= 0.3 is 0 Å². The third-order valence-corrected chi connectivity index (χ3v) is 9.26. The molecule has 0 fully saturated rings. The molecule has 0 aliphatic carbocycles. The van der Waals surface area contributed by atoms with Crippen LogP contribution in [0.4, 0.5) is 5.69 Å². The summed E-state index contributed by atoms with van der Waals surface area (Å²) >= 11 is 6.35. The first-order valence-electron chi connectivity index (χ1n) is 14.8. The van der Waals surface area contributed by atoms with E-state index in [0.717, 1.165) is 21.0 Å². The summed E-state index contributed by atoms with van der Waals surface area (Å²) in [7, 11) is -4.21. The normalized spacial score (nSPS) is 12.3. The summed E-state index contributed by atoms with van der Waals surface area (Å²) in [6, 6.07) is 29.2. The van der Waals surface area contributed by atoms with E-state index in [1.165, 1.54) is 17.0 Å². The highest BCUT2D eigenvalue weighted by Gasteiger charge is 2.36. The lowest BCUT2D eigenvalue weighted by Crippen LogP contribution is -2.56. The third-order valence-electron chi connectivity index (χ3n) is 7.25. The topological polar surface area (TPSA) is 86.8 Å². The van der Waals surface area contributed by atoms with Gasteiger partial charge in [-0.2, -0.15) is 0 Å². The van der Waals surface area contributed by atoms with Crippen LogP contribution < -0.4 is 9.62 Å². The fraction of sp³-hybridized carbons (Fsp3) is 0.278. The van der Waals surface area contributed by atoms with Crippen LogP contribution >= 0.6 is 11.6 Å². The quantitative estimate of drug-likeness (QED) is 0.197. The van der Waals surface area contributed by atoms with Crippen molar-refractivity contribution >= 4 is 39.1 Å². The fourth-order valence-corrected chi connectivity index (χ4v) is 6.76. The largest absolute Gasteiger partial charge is 0.350 e. The zero-order valence-electron chi connectivity index (χ0n) is 26.3. The van der Waals surface area contributed by atoms with Gasteiger partial charge in [-0.05, 0) is 75.6 Å². The van der Waals surface area contributed by atoms with Crippen molar-refractivity contribution < 1.29 is 18.0 Å². The van der Waals surface area contributed by atoms with Crippen LogP contribution in [0.25, 0.3) is 0 Å². The monoisotopic (exact) mass is 645 g/mol. The number of nitrogens with zero attached hydrogens (tertiary/aromatic N) is 2. The second-order valence-corrected chi connectivity index (χ2v) is 14.5. The minimum atomic E-state index is -4.21. The number of benzene rings is 4. The van der Waals surface area contributed by atoms with E-state index in [2.05, 4.69) is 5.32 Å². The molecule has 236 valence electrons. The molecule has 0 saturated carbocycles. The number of sulfonamides is 1. The summed E-state index contributed by atoms with van der Waals surface area (Å²) in [6.07, 6.45) is 0.238. The third kappa shape index (κ3) is 8.96. The van der Waals surface area contributed by atoms with Crippen LogP contribution in [0, 0.1) is 13.8 Å². The molecule has 1 atom stereocenters. The number of hydrogen-bond donors (Lipinski definition) is 1. The van der Waals surface area contributed by atoms with Gasteiger partial charge in [-0.3, -0.25) is 13.9 Å². The predicted octanol–water partition coefficient (Wildman–Crippen LogP) is 6.71. The number of aryl methyl sites for hydroxylation is 2. The molecule has 7 nitrogen and oxygen atoms in total. The van der Waals surface area contributed by atoms with Gasteiger partial charge < -0.3 is 10.2 Å². The molecular weight excluding hydrogens is 606 g/mol. The molecule has 9 heteroatoms. The zero-order chi connectivity index (χ0) is 32.8. The molecule has 0 bridgehead atoms. The van der Waals surface area contributed by atoms with Crippen LogP contribution in [0.1, 0.15) is 43.0 Å². The van der Waals surface area contributed by atoms with Gasteiger partial charge in [0.1, 0.15) is 12.6 Å². The molecule has 0 heterocycles. The molecule has 2 amide bonds. The van der Waals surface area contributed by atoms with Gasteiger partial charge in [-0.15, -0.1) is 0 Å². The molecule has 0 saturated heterocycles. The van der Waals surface area contributed by atoms with E-state index in [1.54, 1.807) is 43.3 Å². The predicted molar refractivity (Wildman–Crippen MR) is 181 cm³/mol. The lowest BCUT2D eigenvalue weighted by molar-refractivity contribution is -0.140. The molecule has 4 rings (SSSR count). The maximum Gasteiger partial charge on any atom is 0.264 e. The Kier molecular flexibility index (Phi) is 10.7. The summed E-state index contributed by atoms with van der Waals surface area (Å²) < 4.78 is 29.4. The van der Waals surface area contributed by atoms with Crippen LogP contribution in [0.2, 0.25) is 5.02 Å². The Balaban J connectivity index is 1.84. The lowest BCUT2D eigenvalue weighted by atomic mass is 10.0. The number of hydrogen-bond acceptors (Lipinski definition) is 4. The van der Waals surface area contributed by atoms with E-state index in [0.29, 0.717) is 10.6 Å². The fourth-order valence-electron chi connectivity index (χ4n) is 5.10. The van der Waals surface area contributed by atoms with E-state index >= 15 is 0 Å². The van der Waals surface area contributed by atoms with E-state index in [-0.39, 0.29) is 29.5 Å². The van der Waals surface area contributed by atoms with Crippen molar-refractivity contribution in [2.45, 2.75) is 64.1 Å². The maximum atomic E-state index is 14.6. The summed E-state index contributed by atoms with van der Waals surface area (Å²) in [4.78, 5) is 30.1. The molecule has 1 N–H and O–H groups in total. The molecule has 4 aromatic rings. The minimum Gasteiger partial charge on any atom is -0.350 e. The van der Waals surface area contributed by atoms with Gasteiger partial charge in [0.2, 0.25) is 11.8 Å². The Hall–Kier alpha value is -4.14. The Labute approximate surface area is 271 Å². The van der Waals surface area contributed by atoms with Crippen molar-refractivity contribution in [2.24, 2.45) is 0 Å². The van der Waals surface area contributed by atoms with Crippen molar-refractivity contribution in [3.05, 3.63) is 130 Å². The van der Waals surface area contributed by atoms with Gasteiger partial charge in [0.15, 0.2) is 0 Å². The van der Waals surface area contributed by atoms with Crippen LogP contribution in [-0.2, 0) is 32.6 Å². The standard InChI is InChI=1S/C36H40ClN3O4S/c1-26-13-12-16-29(21-26)24-39(33(35(42)38-36(3,4)5)22-28-14-8-6-9-15-28)34(41)25-40(32-23-30(37)20-19-27(32)2)45(43,44)31-17-10-7-11-18-31/h6-21,23,33H,22,24-25H2,1-5H3,(H,38,42)/t33-/m0/s1. The molecule has 0 unspecified atom stereocenters. The highest BCUT2D eigenvalue weighted by molar-refractivity contribution is 7.92. The van der Waals surface area contributed by atoms with E-state index in [1.807, 2.05) is 82.3 Å². The number of nitrogens with one attached hydrogen (secondary N) is 1. The van der Waals surface area contributed by atoms with Crippen molar-refractivity contribution in [2.75, 3.05) is 10.8 Å². The van der Waals surface area contributed by atoms with Gasteiger partial charge in [-0.25, -0.2) is 8.42 Å². The lowest BCUT2D eigenvalue weighted by Gasteiger charge is -2.35. The smallest absolute Gasteiger partial charge is 0.264 e. The second-order valence-electron chi connectivity index (χ2n) is 12.2. The zero-order valence-corrected chi connectivity index (χ0v) is 27.9. The first-order chi connectivity index (χ1) is 21.2. The number of rotatable bonds is 11. The molecule has 0 spiro atoms. The average Bonchev–Trinajstić information content (AvgIpc) is 2.99. The minimum absolute atomic E-state index is 0.0359. The van der Waals surface area contributed by atoms with E-state index in [4.69, 9.17) is 11.6 Å².